The van der Waals surface area contributed by atoms with E-state index in [0.29, 0.717) is 13.1 Å². The average molecular weight is 308 g/mol. The summed E-state index contributed by atoms with van der Waals surface area (Å²) in [6.45, 7) is 2.84. The number of methoxy groups -OCH3 is 1. The van der Waals surface area contributed by atoms with Crippen LogP contribution in [0.2, 0.25) is 0 Å². The highest BCUT2D eigenvalue weighted by molar-refractivity contribution is 5.84. The lowest BCUT2D eigenvalue weighted by molar-refractivity contribution is -0.121. The quantitative estimate of drug-likeness (QED) is 0.786. The largest absolute Gasteiger partial charge is 0.497 e. The Balaban J connectivity index is 1.68. The third-order valence-corrected chi connectivity index (χ3v) is 3.94. The first kappa shape index (κ1) is 15.2. The predicted octanol–water partition coefficient (Wildman–Crippen LogP) is 3.27. The van der Waals surface area contributed by atoms with Gasteiger partial charge in [0.25, 0.3) is 0 Å². The van der Waals surface area contributed by atoms with E-state index in [-0.39, 0.29) is 5.91 Å². The van der Waals surface area contributed by atoms with Gasteiger partial charge in [-0.15, -0.1) is 0 Å². The number of para-hydroxylation sites is 1. The number of carbonyl (C=O) groups excluding carboxylic acids is 1. The van der Waals surface area contributed by atoms with Gasteiger partial charge >= 0.3 is 0 Å². The van der Waals surface area contributed by atoms with Crippen LogP contribution in [0.5, 0.6) is 5.75 Å². The van der Waals surface area contributed by atoms with Crippen molar-refractivity contribution in [2.24, 2.45) is 0 Å². The summed E-state index contributed by atoms with van der Waals surface area (Å²) in [5.41, 5.74) is 3.19. The van der Waals surface area contributed by atoms with Crippen molar-refractivity contribution in [2.45, 2.75) is 20.0 Å². The maximum absolute atomic E-state index is 12.3. The van der Waals surface area contributed by atoms with Crippen molar-refractivity contribution < 1.29 is 9.53 Å². The lowest BCUT2D eigenvalue weighted by Crippen LogP contribution is -2.27. The molecule has 0 atom stereocenters. The Morgan fingerprint density at radius 3 is 2.78 bits per heavy atom. The molecule has 0 aliphatic carbocycles. The molecule has 0 bridgehead atoms. The number of hydrogen-bond donors (Lipinski definition) is 1. The van der Waals surface area contributed by atoms with Crippen LogP contribution in [0.25, 0.3) is 10.9 Å². The van der Waals surface area contributed by atoms with Crippen molar-refractivity contribution in [3.8, 4) is 5.75 Å². The summed E-state index contributed by atoms with van der Waals surface area (Å²) >= 11 is 0. The number of carbonyl (C=O) groups is 1. The molecule has 1 N–H and O–H groups in total. The standard InChI is InChI=1S/C19H20N2O2/c1-14-10-16-7-3-4-9-18(16)21(14)13-19(22)20-12-15-6-5-8-17(11-15)23-2/h3-11H,12-13H2,1-2H3,(H,20,22). The van der Waals surface area contributed by atoms with Gasteiger partial charge in [0.15, 0.2) is 0 Å². The number of amides is 1. The molecule has 1 amide bonds. The highest BCUT2D eigenvalue weighted by Crippen LogP contribution is 2.19. The minimum Gasteiger partial charge on any atom is -0.497 e. The SMILES string of the molecule is COc1cccc(CNC(=O)Cn2c(C)cc3ccccc32)c1. The number of fused-ring (bicyclic) bond motifs is 1. The molecular formula is C19H20N2O2. The summed E-state index contributed by atoms with van der Waals surface area (Å²) in [7, 11) is 1.64. The second-order valence-electron chi connectivity index (χ2n) is 5.56. The van der Waals surface area contributed by atoms with Crippen molar-refractivity contribution in [3.63, 3.8) is 0 Å². The van der Waals surface area contributed by atoms with E-state index in [1.54, 1.807) is 7.11 Å². The van der Waals surface area contributed by atoms with E-state index in [4.69, 9.17) is 4.74 Å². The number of ether oxygens (including phenoxy) is 1. The van der Waals surface area contributed by atoms with Gasteiger partial charge in [-0.2, -0.15) is 0 Å². The van der Waals surface area contributed by atoms with Crippen LogP contribution in [0.15, 0.2) is 54.6 Å². The molecular weight excluding hydrogens is 288 g/mol. The van der Waals surface area contributed by atoms with Crippen LogP contribution in [0.3, 0.4) is 0 Å². The normalized spacial score (nSPS) is 10.7. The molecule has 23 heavy (non-hydrogen) atoms. The van der Waals surface area contributed by atoms with E-state index in [1.165, 1.54) is 0 Å². The van der Waals surface area contributed by atoms with Crippen LogP contribution in [0.1, 0.15) is 11.3 Å². The molecule has 0 spiro atoms. The summed E-state index contributed by atoms with van der Waals surface area (Å²) in [4.78, 5) is 12.3. The Kier molecular flexibility index (Phi) is 4.33. The van der Waals surface area contributed by atoms with Gasteiger partial charge in [0.05, 0.1) is 7.11 Å². The first-order valence-electron chi connectivity index (χ1n) is 7.62. The number of nitrogens with zero attached hydrogens (tertiary/aromatic N) is 1. The molecule has 0 aliphatic rings. The summed E-state index contributed by atoms with van der Waals surface area (Å²) in [6, 6.07) is 17.9. The number of aromatic nitrogens is 1. The van der Waals surface area contributed by atoms with E-state index in [1.807, 2.05) is 54.0 Å². The Labute approximate surface area is 135 Å². The van der Waals surface area contributed by atoms with Crippen LogP contribution < -0.4 is 10.1 Å². The molecule has 3 aromatic rings. The van der Waals surface area contributed by atoms with Gasteiger partial charge in [-0.25, -0.2) is 0 Å². The summed E-state index contributed by atoms with van der Waals surface area (Å²) in [6.07, 6.45) is 0. The van der Waals surface area contributed by atoms with Crippen molar-refractivity contribution in [1.82, 2.24) is 9.88 Å². The Hall–Kier alpha value is -2.75. The second-order valence-corrected chi connectivity index (χ2v) is 5.56. The molecule has 2 aromatic carbocycles. The minimum absolute atomic E-state index is 0.00253. The number of aryl methyl sites for hydroxylation is 1. The van der Waals surface area contributed by atoms with Gasteiger partial charge in [0.2, 0.25) is 5.91 Å². The van der Waals surface area contributed by atoms with E-state index in [0.717, 1.165) is 27.9 Å². The van der Waals surface area contributed by atoms with Gasteiger partial charge in [-0.05, 0) is 42.1 Å². The monoisotopic (exact) mass is 308 g/mol. The first-order valence-corrected chi connectivity index (χ1v) is 7.62. The number of hydrogen-bond acceptors (Lipinski definition) is 2. The van der Waals surface area contributed by atoms with Gasteiger partial charge in [0, 0.05) is 17.8 Å². The maximum atomic E-state index is 12.3. The van der Waals surface area contributed by atoms with Crippen LogP contribution >= 0.6 is 0 Å². The fourth-order valence-corrected chi connectivity index (χ4v) is 2.74. The molecule has 0 aliphatic heterocycles. The van der Waals surface area contributed by atoms with Crippen LogP contribution in [-0.4, -0.2) is 17.6 Å². The second kappa shape index (κ2) is 6.57. The fraction of sp³-hybridized carbons (Fsp3) is 0.211. The van der Waals surface area contributed by atoms with Gasteiger partial charge in [0.1, 0.15) is 12.3 Å². The molecule has 0 radical (unpaired) electrons. The zero-order chi connectivity index (χ0) is 16.2. The third-order valence-electron chi connectivity index (χ3n) is 3.94. The van der Waals surface area contributed by atoms with E-state index < -0.39 is 0 Å². The zero-order valence-electron chi connectivity index (χ0n) is 13.4. The zero-order valence-corrected chi connectivity index (χ0v) is 13.4. The van der Waals surface area contributed by atoms with E-state index >= 15 is 0 Å². The van der Waals surface area contributed by atoms with E-state index in [9.17, 15) is 4.79 Å². The van der Waals surface area contributed by atoms with Crippen molar-refractivity contribution >= 4 is 16.8 Å². The molecule has 1 aromatic heterocycles. The van der Waals surface area contributed by atoms with Gasteiger partial charge in [-0.1, -0.05) is 30.3 Å². The summed E-state index contributed by atoms with van der Waals surface area (Å²) < 4.78 is 7.23. The minimum atomic E-state index is -0.00253. The fourth-order valence-electron chi connectivity index (χ4n) is 2.74. The lowest BCUT2D eigenvalue weighted by Gasteiger charge is -2.10. The molecule has 0 saturated heterocycles. The Morgan fingerprint density at radius 1 is 1.13 bits per heavy atom. The number of rotatable bonds is 5. The smallest absolute Gasteiger partial charge is 0.240 e. The van der Waals surface area contributed by atoms with Crippen molar-refractivity contribution in [2.75, 3.05) is 7.11 Å². The van der Waals surface area contributed by atoms with Crippen LogP contribution in [0, 0.1) is 6.92 Å². The highest BCUT2D eigenvalue weighted by atomic mass is 16.5. The predicted molar refractivity (Wildman–Crippen MR) is 91.5 cm³/mol. The average Bonchev–Trinajstić information content (AvgIpc) is 2.89. The number of nitrogens with one attached hydrogen (secondary N) is 1. The Bertz CT molecular complexity index is 836. The van der Waals surface area contributed by atoms with E-state index in [2.05, 4.69) is 17.4 Å². The molecule has 4 nitrogen and oxygen atoms in total. The highest BCUT2D eigenvalue weighted by Gasteiger charge is 2.09. The third kappa shape index (κ3) is 3.37. The van der Waals surface area contributed by atoms with Gasteiger partial charge < -0.3 is 14.6 Å². The Morgan fingerprint density at radius 2 is 1.96 bits per heavy atom. The molecule has 4 heteroatoms. The molecule has 0 unspecified atom stereocenters. The van der Waals surface area contributed by atoms with Crippen LogP contribution in [0.4, 0.5) is 0 Å². The maximum Gasteiger partial charge on any atom is 0.240 e. The molecule has 1 heterocycles. The topological polar surface area (TPSA) is 43.3 Å². The van der Waals surface area contributed by atoms with Crippen molar-refractivity contribution in [1.29, 1.82) is 0 Å². The summed E-state index contributed by atoms with van der Waals surface area (Å²) in [5, 5.41) is 4.12. The lowest BCUT2D eigenvalue weighted by atomic mass is 10.2. The molecule has 0 saturated carbocycles. The van der Waals surface area contributed by atoms with Crippen LogP contribution in [-0.2, 0) is 17.9 Å². The molecule has 3 rings (SSSR count). The summed E-state index contributed by atoms with van der Waals surface area (Å²) in [5.74, 6) is 0.793. The molecule has 0 fully saturated rings. The van der Waals surface area contributed by atoms with Gasteiger partial charge in [-0.3, -0.25) is 4.79 Å². The van der Waals surface area contributed by atoms with Crippen molar-refractivity contribution in [3.05, 3.63) is 65.9 Å². The number of benzene rings is 2. The molecule has 118 valence electrons. The first-order chi connectivity index (χ1) is 11.2.